The van der Waals surface area contributed by atoms with E-state index in [0.29, 0.717) is 42.9 Å². The van der Waals surface area contributed by atoms with Crippen LogP contribution in [-0.2, 0) is 6.42 Å². The Bertz CT molecular complexity index is 1140. The third kappa shape index (κ3) is 4.70. The van der Waals surface area contributed by atoms with Crippen LogP contribution in [0.1, 0.15) is 28.8 Å². The predicted octanol–water partition coefficient (Wildman–Crippen LogP) is 3.80. The van der Waals surface area contributed by atoms with Crippen LogP contribution in [0.5, 0.6) is 0 Å². The Morgan fingerprint density at radius 1 is 1.03 bits per heavy atom. The Balaban J connectivity index is 1.48. The molecular weight excluding hydrogens is 424 g/mol. The minimum atomic E-state index is -0.919. The Kier molecular flexibility index (Phi) is 6.32. The molecule has 2 aromatic carbocycles. The maximum Gasteiger partial charge on any atom is 0.407 e. The van der Waals surface area contributed by atoms with Gasteiger partial charge in [-0.25, -0.2) is 4.79 Å². The predicted molar refractivity (Wildman–Crippen MR) is 126 cm³/mol. The molecule has 4 rings (SSSR count). The molecule has 0 bridgehead atoms. The summed E-state index contributed by atoms with van der Waals surface area (Å²) in [7, 11) is 0. The first-order valence-electron chi connectivity index (χ1n) is 10.4. The van der Waals surface area contributed by atoms with Gasteiger partial charge in [0.05, 0.1) is 0 Å². The van der Waals surface area contributed by atoms with Gasteiger partial charge >= 0.3 is 6.09 Å². The Morgan fingerprint density at radius 2 is 1.78 bits per heavy atom. The highest BCUT2D eigenvalue weighted by Crippen LogP contribution is 2.36. The zero-order chi connectivity index (χ0) is 22.6. The molecule has 0 aliphatic carbocycles. The number of nitrogens with zero attached hydrogens (tertiary/aromatic N) is 2. The fraction of sp³-hybridized carbons (Fsp3) is 0.250. The average molecular weight is 449 g/mol. The van der Waals surface area contributed by atoms with E-state index in [1.54, 1.807) is 18.5 Å². The van der Waals surface area contributed by atoms with E-state index in [9.17, 15) is 14.7 Å². The Hall–Kier alpha value is -3.52. The molecule has 1 aliphatic heterocycles. The first-order chi connectivity index (χ1) is 15.5. The molecule has 3 N–H and O–H groups in total. The molecule has 0 atom stereocenters. The van der Waals surface area contributed by atoms with Gasteiger partial charge in [0.15, 0.2) is 0 Å². The van der Waals surface area contributed by atoms with Crippen LogP contribution in [0.2, 0.25) is 0 Å². The summed E-state index contributed by atoms with van der Waals surface area (Å²) in [6.45, 7) is 0.799. The largest absolute Gasteiger partial charge is 0.465 e. The van der Waals surface area contributed by atoms with E-state index in [1.165, 1.54) is 4.90 Å². The normalized spacial score (nSPS) is 15.2. The highest BCUT2D eigenvalue weighted by molar-refractivity contribution is 7.80. The van der Waals surface area contributed by atoms with Crippen LogP contribution in [0.15, 0.2) is 67.0 Å². The smallest absolute Gasteiger partial charge is 0.407 e. The number of hydrogen-bond acceptors (Lipinski definition) is 4. The maximum absolute atomic E-state index is 12.7. The molecule has 1 aromatic heterocycles. The zero-order valence-electron chi connectivity index (χ0n) is 17.5. The fourth-order valence-electron chi connectivity index (χ4n) is 4.14. The number of pyridine rings is 1. The van der Waals surface area contributed by atoms with E-state index in [2.05, 4.69) is 15.8 Å². The molecule has 0 spiro atoms. The van der Waals surface area contributed by atoms with Crippen molar-refractivity contribution in [3.05, 3.63) is 78.1 Å². The van der Waals surface area contributed by atoms with Gasteiger partial charge in [-0.05, 0) is 48.4 Å². The van der Waals surface area contributed by atoms with Gasteiger partial charge < -0.3 is 10.0 Å². The number of likely N-dealkylation sites (tertiary alicyclic amines) is 1. The van der Waals surface area contributed by atoms with Gasteiger partial charge in [0.2, 0.25) is 0 Å². The van der Waals surface area contributed by atoms with Crippen LogP contribution in [0.4, 0.5) is 4.79 Å². The number of carboxylic acid groups (broad SMARTS) is 1. The van der Waals surface area contributed by atoms with Crippen molar-refractivity contribution in [3.8, 4) is 0 Å². The van der Waals surface area contributed by atoms with Crippen molar-refractivity contribution < 1.29 is 14.7 Å². The number of aromatic nitrogens is 1. The van der Waals surface area contributed by atoms with Gasteiger partial charge in [-0.3, -0.25) is 20.6 Å². The highest BCUT2D eigenvalue weighted by atomic mass is 32.1. The standard InChI is InChI=1S/C24H24N4O3S/c29-21(19-6-7-20-16-25-11-8-18(20)14-19)26-27-22(32)24(15-17-4-2-1-3-5-17)9-12-28(13-10-24)23(30)31/h1-8,11,14,16H,9-10,12-13,15H2,(H,26,29)(H,27,32)(H,30,31). The first kappa shape index (κ1) is 21.7. The highest BCUT2D eigenvalue weighted by Gasteiger charge is 2.40. The van der Waals surface area contributed by atoms with Gasteiger partial charge in [0, 0.05) is 41.8 Å². The third-order valence-electron chi connectivity index (χ3n) is 6.05. The quantitative estimate of drug-likeness (QED) is 0.415. The molecule has 2 amide bonds. The van der Waals surface area contributed by atoms with Crippen molar-refractivity contribution in [2.45, 2.75) is 19.3 Å². The van der Waals surface area contributed by atoms with Gasteiger partial charge in [0.25, 0.3) is 5.91 Å². The van der Waals surface area contributed by atoms with E-state index < -0.39 is 11.5 Å². The summed E-state index contributed by atoms with van der Waals surface area (Å²) >= 11 is 5.73. The number of carbonyl (C=O) groups is 2. The summed E-state index contributed by atoms with van der Waals surface area (Å²) in [5, 5.41) is 11.2. The summed E-state index contributed by atoms with van der Waals surface area (Å²) in [4.78, 5) is 30.1. The summed E-state index contributed by atoms with van der Waals surface area (Å²) in [5.74, 6) is -0.288. The number of hydrazine groups is 1. The molecule has 3 aromatic rings. The van der Waals surface area contributed by atoms with Crippen molar-refractivity contribution in [2.75, 3.05) is 13.1 Å². The maximum atomic E-state index is 12.7. The number of thiocarbonyl (C=S) groups is 1. The molecule has 2 heterocycles. The van der Waals surface area contributed by atoms with Crippen LogP contribution in [-0.4, -0.2) is 45.1 Å². The van der Waals surface area contributed by atoms with Crippen molar-refractivity contribution in [1.29, 1.82) is 0 Å². The number of nitrogens with one attached hydrogen (secondary N) is 2. The van der Waals surface area contributed by atoms with Crippen LogP contribution in [0, 0.1) is 5.41 Å². The van der Waals surface area contributed by atoms with Gasteiger partial charge in [-0.2, -0.15) is 0 Å². The van der Waals surface area contributed by atoms with Crippen molar-refractivity contribution in [1.82, 2.24) is 20.7 Å². The monoisotopic (exact) mass is 448 g/mol. The SMILES string of the molecule is O=C(NNC(=S)C1(Cc2ccccc2)CCN(C(=O)O)CC1)c1ccc2cnccc2c1. The Morgan fingerprint density at radius 3 is 2.50 bits per heavy atom. The fourth-order valence-corrected chi connectivity index (χ4v) is 4.47. The van der Waals surface area contributed by atoms with Crippen LogP contribution in [0.3, 0.4) is 0 Å². The summed E-state index contributed by atoms with van der Waals surface area (Å²) < 4.78 is 0. The summed E-state index contributed by atoms with van der Waals surface area (Å²) in [6.07, 6.45) is 4.36. The molecule has 0 unspecified atom stereocenters. The Labute approximate surface area is 191 Å². The van der Waals surface area contributed by atoms with Crippen LogP contribution in [0.25, 0.3) is 10.8 Å². The third-order valence-corrected chi connectivity index (χ3v) is 6.59. The number of benzene rings is 2. The van der Waals surface area contributed by atoms with Crippen molar-refractivity contribution >= 4 is 40.0 Å². The van der Waals surface area contributed by atoms with E-state index >= 15 is 0 Å². The first-order valence-corrected chi connectivity index (χ1v) is 10.8. The molecule has 7 nitrogen and oxygen atoms in total. The molecule has 164 valence electrons. The number of carbonyl (C=O) groups excluding carboxylic acids is 1. The number of fused-ring (bicyclic) bond motifs is 1. The molecule has 1 aliphatic rings. The number of piperidine rings is 1. The zero-order valence-corrected chi connectivity index (χ0v) is 18.3. The second kappa shape index (κ2) is 9.32. The van der Waals surface area contributed by atoms with E-state index in [4.69, 9.17) is 12.2 Å². The average Bonchev–Trinajstić information content (AvgIpc) is 2.83. The lowest BCUT2D eigenvalue weighted by Crippen LogP contribution is -2.54. The van der Waals surface area contributed by atoms with Crippen molar-refractivity contribution in [3.63, 3.8) is 0 Å². The van der Waals surface area contributed by atoms with E-state index in [0.717, 1.165) is 16.3 Å². The lowest BCUT2D eigenvalue weighted by atomic mass is 9.73. The molecule has 1 fully saturated rings. The molecule has 32 heavy (non-hydrogen) atoms. The van der Waals surface area contributed by atoms with E-state index in [-0.39, 0.29) is 5.91 Å². The minimum Gasteiger partial charge on any atom is -0.465 e. The lowest BCUT2D eigenvalue weighted by Gasteiger charge is -2.41. The summed E-state index contributed by atoms with van der Waals surface area (Å²) in [6, 6.07) is 17.2. The van der Waals surface area contributed by atoms with E-state index in [1.807, 2.05) is 48.5 Å². The van der Waals surface area contributed by atoms with Crippen LogP contribution >= 0.6 is 12.2 Å². The van der Waals surface area contributed by atoms with Crippen LogP contribution < -0.4 is 10.9 Å². The molecule has 0 saturated carbocycles. The number of amides is 2. The number of rotatable bonds is 4. The van der Waals surface area contributed by atoms with Gasteiger partial charge in [-0.15, -0.1) is 0 Å². The molecule has 0 radical (unpaired) electrons. The second-order valence-corrected chi connectivity index (χ2v) is 8.47. The molecule has 1 saturated heterocycles. The van der Waals surface area contributed by atoms with Gasteiger partial charge in [0.1, 0.15) is 4.99 Å². The molecular formula is C24H24N4O3S. The topological polar surface area (TPSA) is 94.6 Å². The van der Waals surface area contributed by atoms with Gasteiger partial charge in [-0.1, -0.05) is 48.6 Å². The lowest BCUT2D eigenvalue weighted by molar-refractivity contribution is 0.0939. The minimum absolute atomic E-state index is 0.288. The summed E-state index contributed by atoms with van der Waals surface area (Å²) in [5.41, 5.74) is 6.88. The second-order valence-electron chi connectivity index (χ2n) is 8.06. The number of hydrogen-bond donors (Lipinski definition) is 3. The van der Waals surface area contributed by atoms with Crippen molar-refractivity contribution in [2.24, 2.45) is 5.41 Å². The molecule has 8 heteroatoms.